The van der Waals surface area contributed by atoms with Crippen molar-refractivity contribution in [2.45, 2.75) is 13.3 Å². The summed E-state index contributed by atoms with van der Waals surface area (Å²) in [6, 6.07) is 12.0. The van der Waals surface area contributed by atoms with Crippen LogP contribution in [0.5, 0.6) is 11.5 Å². The Bertz CT molecular complexity index is 863. The first-order chi connectivity index (χ1) is 12.3. The molecule has 128 valence electrons. The van der Waals surface area contributed by atoms with E-state index in [4.69, 9.17) is 9.47 Å². The van der Waals surface area contributed by atoms with E-state index in [2.05, 4.69) is 29.2 Å². The minimum Gasteiger partial charge on any atom is -0.490 e. The Morgan fingerprint density at radius 1 is 1.12 bits per heavy atom. The SMILES string of the molecule is C=CCOc1c(CC=C)cc(-c2nc3ccccc3[nH]2)cc1OCC. The number of hydrogen-bond acceptors (Lipinski definition) is 3. The summed E-state index contributed by atoms with van der Waals surface area (Å²) in [5.41, 5.74) is 3.92. The van der Waals surface area contributed by atoms with Gasteiger partial charge in [-0.3, -0.25) is 0 Å². The van der Waals surface area contributed by atoms with Crippen LogP contribution in [0.25, 0.3) is 22.4 Å². The average molecular weight is 334 g/mol. The monoisotopic (exact) mass is 334 g/mol. The molecule has 1 heterocycles. The third-order valence-corrected chi connectivity index (χ3v) is 3.80. The second kappa shape index (κ2) is 7.71. The van der Waals surface area contributed by atoms with Crippen LogP contribution < -0.4 is 9.47 Å². The minimum atomic E-state index is 0.425. The van der Waals surface area contributed by atoms with E-state index in [1.165, 1.54) is 0 Å². The predicted molar refractivity (Wildman–Crippen MR) is 102 cm³/mol. The van der Waals surface area contributed by atoms with Crippen LogP contribution in [0.4, 0.5) is 0 Å². The van der Waals surface area contributed by atoms with Crippen LogP contribution in [0.3, 0.4) is 0 Å². The summed E-state index contributed by atoms with van der Waals surface area (Å²) >= 11 is 0. The smallest absolute Gasteiger partial charge is 0.165 e. The highest BCUT2D eigenvalue weighted by Gasteiger charge is 2.15. The molecule has 0 unspecified atom stereocenters. The maximum Gasteiger partial charge on any atom is 0.165 e. The first-order valence-electron chi connectivity index (χ1n) is 8.36. The number of ether oxygens (including phenoxy) is 2. The summed E-state index contributed by atoms with van der Waals surface area (Å²) < 4.78 is 11.7. The van der Waals surface area contributed by atoms with Gasteiger partial charge in [0.2, 0.25) is 0 Å². The molecule has 0 atom stereocenters. The van der Waals surface area contributed by atoms with Crippen LogP contribution in [0, 0.1) is 0 Å². The fourth-order valence-corrected chi connectivity index (χ4v) is 2.76. The van der Waals surface area contributed by atoms with Gasteiger partial charge in [0.1, 0.15) is 12.4 Å². The molecular formula is C21H22N2O2. The number of para-hydroxylation sites is 2. The average Bonchev–Trinajstić information content (AvgIpc) is 3.05. The number of fused-ring (bicyclic) bond motifs is 1. The molecule has 0 amide bonds. The number of hydrogen-bond donors (Lipinski definition) is 1. The van der Waals surface area contributed by atoms with Gasteiger partial charge in [-0.25, -0.2) is 4.98 Å². The fraction of sp³-hybridized carbons (Fsp3) is 0.190. The normalized spacial score (nSPS) is 10.6. The number of nitrogens with zero attached hydrogens (tertiary/aromatic N) is 1. The van der Waals surface area contributed by atoms with Crippen molar-refractivity contribution in [3.05, 3.63) is 67.3 Å². The third-order valence-electron chi connectivity index (χ3n) is 3.80. The molecule has 0 aliphatic rings. The number of imidazole rings is 1. The zero-order valence-electron chi connectivity index (χ0n) is 14.4. The molecule has 1 N–H and O–H groups in total. The van der Waals surface area contributed by atoms with Crippen molar-refractivity contribution in [3.8, 4) is 22.9 Å². The fourth-order valence-electron chi connectivity index (χ4n) is 2.76. The van der Waals surface area contributed by atoms with Gasteiger partial charge < -0.3 is 14.5 Å². The predicted octanol–water partition coefficient (Wildman–Crippen LogP) is 4.92. The summed E-state index contributed by atoms with van der Waals surface area (Å²) in [7, 11) is 0. The van der Waals surface area contributed by atoms with E-state index in [1.54, 1.807) is 6.08 Å². The van der Waals surface area contributed by atoms with Crippen molar-refractivity contribution < 1.29 is 9.47 Å². The molecule has 0 aliphatic carbocycles. The number of aromatic amines is 1. The van der Waals surface area contributed by atoms with Gasteiger partial charge in [-0.2, -0.15) is 0 Å². The molecule has 0 spiro atoms. The molecular weight excluding hydrogens is 312 g/mol. The molecule has 2 aromatic carbocycles. The van der Waals surface area contributed by atoms with Crippen molar-refractivity contribution in [2.75, 3.05) is 13.2 Å². The maximum atomic E-state index is 5.85. The number of aromatic nitrogens is 2. The van der Waals surface area contributed by atoms with Crippen molar-refractivity contribution in [1.29, 1.82) is 0 Å². The van der Waals surface area contributed by atoms with Crippen LogP contribution in [0.2, 0.25) is 0 Å². The lowest BCUT2D eigenvalue weighted by atomic mass is 10.0. The molecule has 0 saturated heterocycles. The van der Waals surface area contributed by atoms with Gasteiger partial charge in [0, 0.05) is 11.1 Å². The lowest BCUT2D eigenvalue weighted by Crippen LogP contribution is -2.03. The van der Waals surface area contributed by atoms with Gasteiger partial charge >= 0.3 is 0 Å². The highest BCUT2D eigenvalue weighted by atomic mass is 16.5. The maximum absolute atomic E-state index is 5.85. The Morgan fingerprint density at radius 2 is 1.96 bits per heavy atom. The molecule has 0 radical (unpaired) electrons. The van der Waals surface area contributed by atoms with E-state index in [0.717, 1.165) is 33.7 Å². The summed E-state index contributed by atoms with van der Waals surface area (Å²) in [5.74, 6) is 2.25. The Balaban J connectivity index is 2.12. The zero-order valence-corrected chi connectivity index (χ0v) is 14.4. The van der Waals surface area contributed by atoms with Crippen LogP contribution >= 0.6 is 0 Å². The molecule has 1 aromatic heterocycles. The van der Waals surface area contributed by atoms with Crippen LogP contribution in [0.1, 0.15) is 12.5 Å². The van der Waals surface area contributed by atoms with Gasteiger partial charge in [0.15, 0.2) is 11.5 Å². The number of benzene rings is 2. The molecule has 0 saturated carbocycles. The molecule has 0 fully saturated rings. The molecule has 4 nitrogen and oxygen atoms in total. The highest BCUT2D eigenvalue weighted by Crippen LogP contribution is 2.37. The Kier molecular flexibility index (Phi) is 5.19. The third kappa shape index (κ3) is 3.58. The summed E-state index contributed by atoms with van der Waals surface area (Å²) in [6.07, 6.45) is 4.26. The van der Waals surface area contributed by atoms with Gasteiger partial charge in [0.05, 0.1) is 17.6 Å². The first-order valence-corrected chi connectivity index (χ1v) is 8.36. The zero-order chi connectivity index (χ0) is 17.6. The van der Waals surface area contributed by atoms with Crippen molar-refractivity contribution >= 4 is 11.0 Å². The minimum absolute atomic E-state index is 0.425. The molecule has 0 bridgehead atoms. The van der Waals surface area contributed by atoms with Gasteiger partial charge in [-0.1, -0.05) is 30.9 Å². The van der Waals surface area contributed by atoms with E-state index in [-0.39, 0.29) is 0 Å². The molecule has 25 heavy (non-hydrogen) atoms. The molecule has 3 aromatic rings. The largest absolute Gasteiger partial charge is 0.490 e. The quantitative estimate of drug-likeness (QED) is 0.595. The Hall–Kier alpha value is -3.01. The second-order valence-electron chi connectivity index (χ2n) is 5.59. The summed E-state index contributed by atoms with van der Waals surface area (Å²) in [6.45, 7) is 10.5. The van der Waals surface area contributed by atoms with E-state index in [1.807, 2.05) is 43.3 Å². The molecule has 3 rings (SSSR count). The Labute approximate surface area is 147 Å². The lowest BCUT2D eigenvalue weighted by Gasteiger charge is -2.16. The van der Waals surface area contributed by atoms with Gasteiger partial charge in [-0.15, -0.1) is 6.58 Å². The topological polar surface area (TPSA) is 47.1 Å². The Morgan fingerprint density at radius 3 is 2.68 bits per heavy atom. The van der Waals surface area contributed by atoms with E-state index in [0.29, 0.717) is 25.4 Å². The second-order valence-corrected chi connectivity index (χ2v) is 5.59. The first kappa shape index (κ1) is 16.8. The highest BCUT2D eigenvalue weighted by molar-refractivity contribution is 5.80. The van der Waals surface area contributed by atoms with Crippen molar-refractivity contribution in [1.82, 2.24) is 9.97 Å². The van der Waals surface area contributed by atoms with E-state index in [9.17, 15) is 0 Å². The van der Waals surface area contributed by atoms with E-state index < -0.39 is 0 Å². The number of nitrogens with one attached hydrogen (secondary N) is 1. The number of allylic oxidation sites excluding steroid dienone is 1. The van der Waals surface area contributed by atoms with Crippen molar-refractivity contribution in [2.24, 2.45) is 0 Å². The van der Waals surface area contributed by atoms with E-state index >= 15 is 0 Å². The lowest BCUT2D eigenvalue weighted by molar-refractivity contribution is 0.295. The van der Waals surface area contributed by atoms with Crippen LogP contribution in [-0.4, -0.2) is 23.2 Å². The molecule has 4 heteroatoms. The summed E-state index contributed by atoms with van der Waals surface area (Å²) in [4.78, 5) is 8.05. The summed E-state index contributed by atoms with van der Waals surface area (Å²) in [5, 5.41) is 0. The van der Waals surface area contributed by atoms with Gasteiger partial charge in [0.25, 0.3) is 0 Å². The van der Waals surface area contributed by atoms with Crippen LogP contribution in [-0.2, 0) is 6.42 Å². The molecule has 0 aliphatic heterocycles. The van der Waals surface area contributed by atoms with Crippen LogP contribution in [0.15, 0.2) is 61.7 Å². The standard InChI is InChI=1S/C21H22N2O2/c1-4-9-15-13-16(14-19(24-6-3)20(15)25-12-5-2)21-22-17-10-7-8-11-18(17)23-21/h4-5,7-8,10-11,13-14H,1-2,6,9,12H2,3H3,(H,22,23). The van der Waals surface area contributed by atoms with Crippen molar-refractivity contribution in [3.63, 3.8) is 0 Å². The number of H-pyrrole nitrogens is 1. The van der Waals surface area contributed by atoms with Gasteiger partial charge in [-0.05, 0) is 37.6 Å². The number of rotatable bonds is 8.